The molecule has 3 rings (SSSR count). The molecule has 2 aromatic carbocycles. The molecule has 0 N–H and O–H groups in total. The molecular formula is C20H16Cl2N2O4. The van der Waals surface area contributed by atoms with Crippen molar-refractivity contribution in [2.24, 2.45) is 0 Å². The maximum atomic E-state index is 12.5. The summed E-state index contributed by atoms with van der Waals surface area (Å²) in [5.74, 6) is -0.675. The van der Waals surface area contributed by atoms with Gasteiger partial charge in [-0.05, 0) is 31.2 Å². The maximum absolute atomic E-state index is 12.5. The van der Waals surface area contributed by atoms with Crippen LogP contribution >= 0.6 is 23.2 Å². The average Bonchev–Trinajstić information content (AvgIpc) is 2.68. The number of carbonyl (C=O) groups excluding carboxylic acids is 1. The molecule has 0 fully saturated rings. The van der Waals surface area contributed by atoms with Crippen LogP contribution in [0.15, 0.2) is 59.4 Å². The third-order valence-corrected chi connectivity index (χ3v) is 4.35. The van der Waals surface area contributed by atoms with Crippen LogP contribution in [0.5, 0.6) is 5.75 Å². The smallest absolute Gasteiger partial charge is 0.362 e. The van der Waals surface area contributed by atoms with Gasteiger partial charge in [-0.2, -0.15) is 9.78 Å². The lowest BCUT2D eigenvalue weighted by Crippen LogP contribution is -2.25. The van der Waals surface area contributed by atoms with Crippen molar-refractivity contribution in [2.45, 2.75) is 13.5 Å². The van der Waals surface area contributed by atoms with Crippen LogP contribution in [-0.4, -0.2) is 22.4 Å². The van der Waals surface area contributed by atoms with Crippen LogP contribution in [0.3, 0.4) is 0 Å². The van der Waals surface area contributed by atoms with E-state index in [-0.39, 0.29) is 24.7 Å². The Morgan fingerprint density at radius 1 is 1.11 bits per heavy atom. The molecule has 0 atom stereocenters. The van der Waals surface area contributed by atoms with E-state index >= 15 is 0 Å². The van der Waals surface area contributed by atoms with Crippen molar-refractivity contribution in [1.82, 2.24) is 9.78 Å². The third kappa shape index (κ3) is 4.52. The highest BCUT2D eigenvalue weighted by atomic mass is 35.5. The standard InChI is InChI=1S/C20H16Cl2N2O4/c1-2-27-20(26)19-17(28-12-13-8-9-14(21)10-16(13)22)11-18(25)24(23-19)15-6-4-3-5-7-15/h3-11H,2,12H2,1H3. The molecule has 1 heterocycles. The second-order valence-corrected chi connectivity index (χ2v) is 6.53. The number of halogens is 2. The fraction of sp³-hybridized carbons (Fsp3) is 0.150. The molecule has 0 radical (unpaired) electrons. The first kappa shape index (κ1) is 19.9. The van der Waals surface area contributed by atoms with Gasteiger partial charge >= 0.3 is 5.97 Å². The number of ether oxygens (including phenoxy) is 2. The molecule has 1 aromatic heterocycles. The Morgan fingerprint density at radius 3 is 2.54 bits per heavy atom. The lowest BCUT2D eigenvalue weighted by molar-refractivity contribution is 0.0511. The topological polar surface area (TPSA) is 70.4 Å². The molecule has 0 aliphatic carbocycles. The van der Waals surface area contributed by atoms with Crippen molar-refractivity contribution in [3.05, 3.63) is 86.3 Å². The summed E-state index contributed by atoms with van der Waals surface area (Å²) in [5, 5.41) is 5.07. The average molecular weight is 419 g/mol. The molecule has 0 saturated carbocycles. The Morgan fingerprint density at radius 2 is 1.86 bits per heavy atom. The molecule has 0 unspecified atom stereocenters. The highest BCUT2D eigenvalue weighted by Gasteiger charge is 2.20. The van der Waals surface area contributed by atoms with Gasteiger partial charge in [0.15, 0.2) is 5.75 Å². The van der Waals surface area contributed by atoms with Gasteiger partial charge in [0, 0.05) is 15.6 Å². The SMILES string of the molecule is CCOC(=O)c1nn(-c2ccccc2)c(=O)cc1OCc1ccc(Cl)cc1Cl. The van der Waals surface area contributed by atoms with Gasteiger partial charge in [-0.15, -0.1) is 0 Å². The number of carbonyl (C=O) groups is 1. The monoisotopic (exact) mass is 418 g/mol. The molecule has 0 aliphatic rings. The van der Waals surface area contributed by atoms with Crippen molar-refractivity contribution in [3.63, 3.8) is 0 Å². The summed E-state index contributed by atoms with van der Waals surface area (Å²) in [6, 6.07) is 14.9. The first-order valence-corrected chi connectivity index (χ1v) is 9.19. The van der Waals surface area contributed by atoms with E-state index in [1.54, 1.807) is 49.4 Å². The Kier molecular flexibility index (Phi) is 6.34. The quantitative estimate of drug-likeness (QED) is 0.558. The largest absolute Gasteiger partial charge is 0.486 e. The summed E-state index contributed by atoms with van der Waals surface area (Å²) < 4.78 is 11.8. The molecule has 0 aliphatic heterocycles. The van der Waals surface area contributed by atoms with Crippen LogP contribution in [0.4, 0.5) is 0 Å². The van der Waals surface area contributed by atoms with Gasteiger partial charge in [0.25, 0.3) is 5.56 Å². The molecule has 0 amide bonds. The zero-order valence-electron chi connectivity index (χ0n) is 14.9. The van der Waals surface area contributed by atoms with E-state index in [0.29, 0.717) is 21.3 Å². The second kappa shape index (κ2) is 8.91. The van der Waals surface area contributed by atoms with Crippen LogP contribution in [0, 0.1) is 0 Å². The van der Waals surface area contributed by atoms with E-state index in [0.717, 1.165) is 4.68 Å². The van der Waals surface area contributed by atoms with Crippen molar-refractivity contribution in [1.29, 1.82) is 0 Å². The zero-order chi connectivity index (χ0) is 20.1. The van der Waals surface area contributed by atoms with Crippen LogP contribution < -0.4 is 10.3 Å². The molecule has 6 nitrogen and oxygen atoms in total. The molecule has 8 heteroatoms. The Bertz CT molecular complexity index is 1050. The summed E-state index contributed by atoms with van der Waals surface area (Å²) >= 11 is 12.0. The lowest BCUT2D eigenvalue weighted by atomic mass is 10.2. The maximum Gasteiger partial charge on any atom is 0.362 e. The van der Waals surface area contributed by atoms with Gasteiger partial charge in [-0.1, -0.05) is 47.5 Å². The summed E-state index contributed by atoms with van der Waals surface area (Å²) in [6.45, 7) is 1.87. The first-order valence-electron chi connectivity index (χ1n) is 8.43. The second-order valence-electron chi connectivity index (χ2n) is 5.69. The Hall–Kier alpha value is -2.83. The van der Waals surface area contributed by atoms with E-state index < -0.39 is 11.5 Å². The number of para-hydroxylation sites is 1. The predicted molar refractivity (Wildman–Crippen MR) is 107 cm³/mol. The van der Waals surface area contributed by atoms with E-state index in [1.807, 2.05) is 6.07 Å². The molecule has 0 saturated heterocycles. The van der Waals surface area contributed by atoms with Gasteiger partial charge in [0.1, 0.15) is 6.61 Å². The van der Waals surface area contributed by atoms with Gasteiger partial charge in [-0.25, -0.2) is 4.79 Å². The highest BCUT2D eigenvalue weighted by Crippen LogP contribution is 2.24. The van der Waals surface area contributed by atoms with Crippen molar-refractivity contribution >= 4 is 29.2 Å². The predicted octanol–water partition coefficient (Wildman–Crippen LogP) is 4.30. The highest BCUT2D eigenvalue weighted by molar-refractivity contribution is 6.35. The minimum Gasteiger partial charge on any atom is -0.486 e. The summed E-state index contributed by atoms with van der Waals surface area (Å²) in [5.41, 5.74) is 0.616. The van der Waals surface area contributed by atoms with Crippen LogP contribution in [-0.2, 0) is 11.3 Å². The number of aromatic nitrogens is 2. The number of hydrogen-bond donors (Lipinski definition) is 0. The van der Waals surface area contributed by atoms with E-state index in [2.05, 4.69) is 5.10 Å². The third-order valence-electron chi connectivity index (χ3n) is 3.76. The van der Waals surface area contributed by atoms with Crippen LogP contribution in [0.1, 0.15) is 23.0 Å². The molecule has 0 spiro atoms. The zero-order valence-corrected chi connectivity index (χ0v) is 16.4. The van der Waals surface area contributed by atoms with Crippen molar-refractivity contribution < 1.29 is 14.3 Å². The lowest BCUT2D eigenvalue weighted by Gasteiger charge is -2.13. The number of hydrogen-bond acceptors (Lipinski definition) is 5. The summed E-state index contributed by atoms with van der Waals surface area (Å²) in [4.78, 5) is 24.9. The fourth-order valence-electron chi connectivity index (χ4n) is 2.44. The fourth-order valence-corrected chi connectivity index (χ4v) is 2.90. The number of esters is 1. The number of nitrogens with zero attached hydrogens (tertiary/aromatic N) is 2. The van der Waals surface area contributed by atoms with E-state index in [1.165, 1.54) is 6.07 Å². The van der Waals surface area contributed by atoms with Crippen LogP contribution in [0.25, 0.3) is 5.69 Å². The minimum atomic E-state index is -0.690. The van der Waals surface area contributed by atoms with Gasteiger partial charge in [0.05, 0.1) is 18.4 Å². The number of benzene rings is 2. The molecule has 0 bridgehead atoms. The Balaban J connectivity index is 1.98. The van der Waals surface area contributed by atoms with Crippen molar-refractivity contribution in [3.8, 4) is 11.4 Å². The molecule has 3 aromatic rings. The minimum absolute atomic E-state index is 0.0154. The van der Waals surface area contributed by atoms with Crippen LogP contribution in [0.2, 0.25) is 10.0 Å². The van der Waals surface area contributed by atoms with E-state index in [4.69, 9.17) is 32.7 Å². The summed E-state index contributed by atoms with van der Waals surface area (Å²) in [7, 11) is 0. The van der Waals surface area contributed by atoms with Gasteiger partial charge < -0.3 is 9.47 Å². The normalized spacial score (nSPS) is 10.5. The van der Waals surface area contributed by atoms with Gasteiger partial charge in [-0.3, -0.25) is 4.79 Å². The van der Waals surface area contributed by atoms with Gasteiger partial charge in [0.2, 0.25) is 5.69 Å². The Labute approximate surface area is 171 Å². The molecule has 144 valence electrons. The summed E-state index contributed by atoms with van der Waals surface area (Å²) in [6.07, 6.45) is 0. The van der Waals surface area contributed by atoms with E-state index in [9.17, 15) is 9.59 Å². The molecule has 28 heavy (non-hydrogen) atoms. The number of rotatable bonds is 6. The van der Waals surface area contributed by atoms with Crippen molar-refractivity contribution in [2.75, 3.05) is 6.61 Å². The first-order chi connectivity index (χ1) is 13.5. The molecular weight excluding hydrogens is 403 g/mol.